The van der Waals surface area contributed by atoms with Crippen LogP contribution in [0.25, 0.3) is 0 Å². The number of anilines is 1. The number of nitrogens with one attached hydrogen (secondary N) is 2. The van der Waals surface area contributed by atoms with Gasteiger partial charge in [0.2, 0.25) is 5.91 Å². The van der Waals surface area contributed by atoms with Crippen molar-refractivity contribution in [2.24, 2.45) is 5.10 Å². The lowest BCUT2D eigenvalue weighted by Crippen LogP contribution is -2.26. The van der Waals surface area contributed by atoms with Gasteiger partial charge in [-0.2, -0.15) is 5.10 Å². The highest BCUT2D eigenvalue weighted by molar-refractivity contribution is 6.05. The average Bonchev–Trinajstić information content (AvgIpc) is 2.66. The molecule has 6 heteroatoms. The van der Waals surface area contributed by atoms with Gasteiger partial charge in [0.05, 0.1) is 6.42 Å². The number of benzene rings is 2. The summed E-state index contributed by atoms with van der Waals surface area (Å²) < 4.78 is 5.45. The second-order valence-electron chi connectivity index (χ2n) is 6.21. The number of aryl methyl sites for hydroxylation is 2. The summed E-state index contributed by atoms with van der Waals surface area (Å²) >= 11 is 0. The number of nitrogens with zero attached hydrogens (tertiary/aromatic N) is 1. The van der Waals surface area contributed by atoms with Crippen molar-refractivity contribution in [3.63, 3.8) is 0 Å². The van der Waals surface area contributed by atoms with Gasteiger partial charge >= 0.3 is 0 Å². The van der Waals surface area contributed by atoms with Gasteiger partial charge in [-0.25, -0.2) is 5.43 Å². The van der Waals surface area contributed by atoms with Gasteiger partial charge in [0.25, 0.3) is 5.91 Å². The molecule has 0 radical (unpaired) electrons. The molecule has 0 saturated carbocycles. The Bertz CT molecular complexity index is 814. The fourth-order valence-corrected chi connectivity index (χ4v) is 2.35. The highest BCUT2D eigenvalue weighted by Crippen LogP contribution is 2.15. The Balaban J connectivity index is 1.76. The van der Waals surface area contributed by atoms with E-state index in [-0.39, 0.29) is 24.8 Å². The summed E-state index contributed by atoms with van der Waals surface area (Å²) in [7, 11) is 0. The number of hydrogen-bond donors (Lipinski definition) is 2. The minimum atomic E-state index is -0.381. The Morgan fingerprint density at radius 2 is 1.74 bits per heavy atom. The van der Waals surface area contributed by atoms with E-state index in [0.29, 0.717) is 11.5 Å². The minimum absolute atomic E-state index is 0.0917. The summed E-state index contributed by atoms with van der Waals surface area (Å²) in [5, 5.41) is 6.75. The number of amides is 2. The Kier molecular flexibility index (Phi) is 7.55. The monoisotopic (exact) mass is 367 g/mol. The van der Waals surface area contributed by atoms with Gasteiger partial charge in [-0.05, 0) is 49.6 Å². The molecule has 2 aromatic rings. The maximum atomic E-state index is 12.0. The first kappa shape index (κ1) is 20.2. The van der Waals surface area contributed by atoms with Crippen molar-refractivity contribution >= 4 is 23.2 Å². The molecule has 0 fully saturated rings. The van der Waals surface area contributed by atoms with Crippen LogP contribution in [0.2, 0.25) is 0 Å². The molecule has 0 atom stereocenters. The van der Waals surface area contributed by atoms with E-state index >= 15 is 0 Å². The highest BCUT2D eigenvalue weighted by atomic mass is 16.5. The van der Waals surface area contributed by atoms with E-state index in [2.05, 4.69) is 22.8 Å². The first-order chi connectivity index (χ1) is 13.0. The molecular formula is C21H25N3O3. The van der Waals surface area contributed by atoms with Crippen molar-refractivity contribution in [1.29, 1.82) is 0 Å². The number of ether oxygens (including phenoxy) is 1. The molecule has 0 saturated heterocycles. The van der Waals surface area contributed by atoms with E-state index in [1.807, 2.05) is 49.4 Å². The first-order valence-electron chi connectivity index (χ1n) is 8.87. The lowest BCUT2D eigenvalue weighted by atomic mass is 10.1. The van der Waals surface area contributed by atoms with Crippen LogP contribution in [0.4, 0.5) is 5.69 Å². The standard InChI is InChI=1S/C21H25N3O3/c1-4-17-9-11-18(12-10-17)22-20(25)13-16(3)23-24-21(26)14-27-19-8-6-5-7-15(19)2/h5-12H,4,13-14H2,1-3H3,(H,22,25)(H,24,26)/b23-16-. The van der Waals surface area contributed by atoms with Crippen LogP contribution in [0.3, 0.4) is 0 Å². The maximum Gasteiger partial charge on any atom is 0.277 e. The van der Waals surface area contributed by atoms with E-state index in [1.165, 1.54) is 5.56 Å². The fourth-order valence-electron chi connectivity index (χ4n) is 2.35. The summed E-state index contributed by atoms with van der Waals surface area (Å²) in [6.45, 7) is 5.53. The fraction of sp³-hybridized carbons (Fsp3) is 0.286. The van der Waals surface area contributed by atoms with Crippen LogP contribution in [0.5, 0.6) is 5.75 Å². The molecule has 0 aliphatic rings. The van der Waals surface area contributed by atoms with Crippen LogP contribution in [-0.2, 0) is 16.0 Å². The summed E-state index contributed by atoms with van der Waals surface area (Å²) in [6, 6.07) is 15.1. The topological polar surface area (TPSA) is 79.8 Å². The Morgan fingerprint density at radius 1 is 1.04 bits per heavy atom. The number of rotatable bonds is 8. The lowest BCUT2D eigenvalue weighted by Gasteiger charge is -2.08. The first-order valence-corrected chi connectivity index (χ1v) is 8.87. The third kappa shape index (κ3) is 6.93. The molecular weight excluding hydrogens is 342 g/mol. The Morgan fingerprint density at radius 3 is 2.41 bits per heavy atom. The van der Waals surface area contributed by atoms with Gasteiger partial charge in [-0.15, -0.1) is 0 Å². The predicted molar refractivity (Wildman–Crippen MR) is 107 cm³/mol. The number of carbonyl (C=O) groups is 2. The van der Waals surface area contributed by atoms with E-state index in [1.54, 1.807) is 13.0 Å². The molecule has 0 aliphatic heterocycles. The largest absolute Gasteiger partial charge is 0.483 e. The van der Waals surface area contributed by atoms with Crippen molar-refractivity contribution in [3.8, 4) is 5.75 Å². The molecule has 2 aromatic carbocycles. The zero-order valence-corrected chi connectivity index (χ0v) is 15.9. The highest BCUT2D eigenvalue weighted by Gasteiger charge is 2.07. The average molecular weight is 367 g/mol. The molecule has 6 nitrogen and oxygen atoms in total. The van der Waals surface area contributed by atoms with E-state index in [4.69, 9.17) is 4.74 Å². The number of hydrazone groups is 1. The zero-order valence-electron chi connectivity index (χ0n) is 15.9. The Hall–Kier alpha value is -3.15. The molecule has 0 bridgehead atoms. The number of carbonyl (C=O) groups excluding carboxylic acids is 2. The van der Waals surface area contributed by atoms with Crippen molar-refractivity contribution < 1.29 is 14.3 Å². The number of hydrogen-bond acceptors (Lipinski definition) is 4. The van der Waals surface area contributed by atoms with Crippen molar-refractivity contribution in [1.82, 2.24) is 5.43 Å². The molecule has 2 N–H and O–H groups in total. The minimum Gasteiger partial charge on any atom is -0.483 e. The molecule has 0 unspecified atom stereocenters. The molecule has 142 valence electrons. The number of para-hydroxylation sites is 1. The summed E-state index contributed by atoms with van der Waals surface area (Å²) in [4.78, 5) is 23.9. The quantitative estimate of drug-likeness (QED) is 0.554. The van der Waals surface area contributed by atoms with E-state index in [0.717, 1.165) is 17.7 Å². The van der Waals surface area contributed by atoms with Crippen molar-refractivity contribution in [2.75, 3.05) is 11.9 Å². The van der Waals surface area contributed by atoms with E-state index < -0.39 is 0 Å². The zero-order chi connectivity index (χ0) is 19.6. The van der Waals surface area contributed by atoms with Gasteiger partial charge in [0.15, 0.2) is 6.61 Å². The molecule has 0 spiro atoms. The SMILES string of the molecule is CCc1ccc(NC(=O)C/C(C)=N\NC(=O)COc2ccccc2C)cc1. The van der Waals surface area contributed by atoms with Crippen molar-refractivity contribution in [2.45, 2.75) is 33.6 Å². The van der Waals surface area contributed by atoms with Crippen LogP contribution in [0.15, 0.2) is 53.6 Å². The van der Waals surface area contributed by atoms with E-state index in [9.17, 15) is 9.59 Å². The summed E-state index contributed by atoms with van der Waals surface area (Å²) in [5.74, 6) is 0.0842. The smallest absolute Gasteiger partial charge is 0.277 e. The van der Waals surface area contributed by atoms with Crippen LogP contribution in [0, 0.1) is 6.92 Å². The maximum absolute atomic E-state index is 12.0. The summed E-state index contributed by atoms with van der Waals surface area (Å²) in [6.07, 6.45) is 1.04. The van der Waals surface area contributed by atoms with Crippen molar-refractivity contribution in [3.05, 3.63) is 59.7 Å². The molecule has 0 heterocycles. The molecule has 0 aromatic heterocycles. The third-order valence-corrected chi connectivity index (χ3v) is 3.89. The molecule has 2 amide bonds. The normalized spacial score (nSPS) is 11.0. The lowest BCUT2D eigenvalue weighted by molar-refractivity contribution is -0.123. The van der Waals surface area contributed by atoms with Gasteiger partial charge in [0, 0.05) is 11.4 Å². The van der Waals surface area contributed by atoms with Crippen LogP contribution >= 0.6 is 0 Å². The molecule has 2 rings (SSSR count). The second kappa shape index (κ2) is 10.1. The summed E-state index contributed by atoms with van der Waals surface area (Å²) in [5.41, 5.74) is 5.80. The Labute approximate surface area is 159 Å². The van der Waals surface area contributed by atoms with Gasteiger partial charge < -0.3 is 10.1 Å². The van der Waals surface area contributed by atoms with Crippen LogP contribution in [0.1, 0.15) is 31.4 Å². The molecule has 0 aliphatic carbocycles. The van der Waals surface area contributed by atoms with Crippen LogP contribution in [-0.4, -0.2) is 24.1 Å². The predicted octanol–water partition coefficient (Wildman–Crippen LogP) is 3.46. The second-order valence-corrected chi connectivity index (χ2v) is 6.21. The van der Waals surface area contributed by atoms with Gasteiger partial charge in [-0.1, -0.05) is 37.3 Å². The van der Waals surface area contributed by atoms with Gasteiger partial charge in [0.1, 0.15) is 5.75 Å². The van der Waals surface area contributed by atoms with Crippen LogP contribution < -0.4 is 15.5 Å². The van der Waals surface area contributed by atoms with Gasteiger partial charge in [-0.3, -0.25) is 9.59 Å². The third-order valence-electron chi connectivity index (χ3n) is 3.89. The molecule has 27 heavy (non-hydrogen) atoms.